The lowest BCUT2D eigenvalue weighted by molar-refractivity contribution is -0.124. The van der Waals surface area contributed by atoms with Crippen LogP contribution >= 0.6 is 0 Å². The molecule has 0 bridgehead atoms. The van der Waals surface area contributed by atoms with Gasteiger partial charge in [0.25, 0.3) is 5.91 Å². The van der Waals surface area contributed by atoms with Crippen LogP contribution in [0.5, 0.6) is 0 Å². The molecule has 1 heterocycles. The van der Waals surface area contributed by atoms with Gasteiger partial charge in [-0.25, -0.2) is 4.79 Å². The Morgan fingerprint density at radius 2 is 2.12 bits per heavy atom. The first-order chi connectivity index (χ1) is 8.11. The minimum Gasteiger partial charge on any atom is -0.323 e. The first-order valence-electron chi connectivity index (χ1n) is 5.82. The van der Waals surface area contributed by atoms with Crippen LogP contribution in [0.4, 0.5) is 4.79 Å². The van der Waals surface area contributed by atoms with Gasteiger partial charge in [0.1, 0.15) is 5.54 Å². The summed E-state index contributed by atoms with van der Waals surface area (Å²) in [5.41, 5.74) is 3.06. The van der Waals surface area contributed by atoms with Crippen LogP contribution < -0.4 is 10.6 Å². The lowest BCUT2D eigenvalue weighted by atomic mass is 9.77. The molecule has 1 spiro atoms. The molecule has 1 aromatic carbocycles. The zero-order chi connectivity index (χ0) is 12.0. The number of carbonyl (C=O) groups excluding carboxylic acids is 2. The van der Waals surface area contributed by atoms with Crippen molar-refractivity contribution in [2.45, 2.75) is 31.7 Å². The molecule has 3 amide bonds. The fourth-order valence-electron chi connectivity index (χ4n) is 2.87. The first kappa shape index (κ1) is 10.3. The van der Waals surface area contributed by atoms with Gasteiger partial charge in [-0.1, -0.05) is 18.2 Å². The van der Waals surface area contributed by atoms with Crippen LogP contribution in [0.3, 0.4) is 0 Å². The summed E-state index contributed by atoms with van der Waals surface area (Å²) in [5, 5.41) is 5.11. The molecule has 0 radical (unpaired) electrons. The van der Waals surface area contributed by atoms with E-state index in [0.29, 0.717) is 12.8 Å². The lowest BCUT2D eigenvalue weighted by Crippen LogP contribution is -2.51. The molecule has 1 aliphatic heterocycles. The summed E-state index contributed by atoms with van der Waals surface area (Å²) in [6.45, 7) is 2.09. The van der Waals surface area contributed by atoms with Crippen molar-refractivity contribution in [3.05, 3.63) is 34.9 Å². The monoisotopic (exact) mass is 230 g/mol. The average Bonchev–Trinajstić information content (AvgIpc) is 2.53. The first-order valence-corrected chi connectivity index (χ1v) is 5.82. The van der Waals surface area contributed by atoms with Gasteiger partial charge in [-0.15, -0.1) is 0 Å². The van der Waals surface area contributed by atoms with Crippen molar-refractivity contribution in [1.29, 1.82) is 0 Å². The third kappa shape index (κ3) is 1.44. The van der Waals surface area contributed by atoms with Gasteiger partial charge in [-0.05, 0) is 36.5 Å². The highest BCUT2D eigenvalue weighted by Crippen LogP contribution is 2.32. The maximum Gasteiger partial charge on any atom is 0.322 e. The fraction of sp³-hybridized carbons (Fsp3) is 0.385. The van der Waals surface area contributed by atoms with Crippen molar-refractivity contribution < 1.29 is 9.59 Å². The standard InChI is InChI=1S/C13H14N2O2/c1-8-3-2-4-9-7-13(6-5-10(8)9)11(16)14-12(17)15-13/h2-4H,5-7H2,1H3,(H2,14,15,16,17). The van der Waals surface area contributed by atoms with Gasteiger partial charge in [0.05, 0.1) is 0 Å². The van der Waals surface area contributed by atoms with E-state index in [1.54, 1.807) is 0 Å². The second-order valence-electron chi connectivity index (χ2n) is 4.88. The summed E-state index contributed by atoms with van der Waals surface area (Å²) >= 11 is 0. The van der Waals surface area contributed by atoms with E-state index in [1.807, 2.05) is 12.1 Å². The van der Waals surface area contributed by atoms with E-state index in [2.05, 4.69) is 23.6 Å². The maximum atomic E-state index is 11.9. The zero-order valence-corrected chi connectivity index (χ0v) is 9.67. The predicted molar refractivity (Wildman–Crippen MR) is 62.6 cm³/mol. The molecule has 0 saturated carbocycles. The predicted octanol–water partition coefficient (Wildman–Crippen LogP) is 1.06. The quantitative estimate of drug-likeness (QED) is 0.655. The molecular formula is C13H14N2O2. The third-order valence-electron chi connectivity index (χ3n) is 3.82. The molecule has 4 nitrogen and oxygen atoms in total. The van der Waals surface area contributed by atoms with Gasteiger partial charge >= 0.3 is 6.03 Å². The van der Waals surface area contributed by atoms with Crippen molar-refractivity contribution in [1.82, 2.24) is 10.6 Å². The highest BCUT2D eigenvalue weighted by molar-refractivity contribution is 6.07. The largest absolute Gasteiger partial charge is 0.323 e. The van der Waals surface area contributed by atoms with Crippen molar-refractivity contribution in [2.75, 3.05) is 0 Å². The number of hydrogen-bond acceptors (Lipinski definition) is 2. The maximum absolute atomic E-state index is 11.9. The minimum absolute atomic E-state index is 0.186. The number of urea groups is 1. The molecule has 1 aliphatic carbocycles. The number of amides is 3. The summed E-state index contributed by atoms with van der Waals surface area (Å²) < 4.78 is 0. The van der Waals surface area contributed by atoms with Gasteiger partial charge in [-0.2, -0.15) is 0 Å². The van der Waals surface area contributed by atoms with Gasteiger partial charge < -0.3 is 5.32 Å². The van der Waals surface area contributed by atoms with E-state index in [1.165, 1.54) is 16.7 Å². The molecule has 1 saturated heterocycles. The Bertz CT molecular complexity index is 524. The molecule has 17 heavy (non-hydrogen) atoms. The fourth-order valence-corrected chi connectivity index (χ4v) is 2.87. The second kappa shape index (κ2) is 3.32. The number of benzene rings is 1. The molecule has 2 N–H and O–H groups in total. The number of nitrogens with one attached hydrogen (secondary N) is 2. The highest BCUT2D eigenvalue weighted by Gasteiger charge is 2.47. The summed E-state index contributed by atoms with van der Waals surface area (Å²) in [4.78, 5) is 23.1. The smallest absolute Gasteiger partial charge is 0.322 e. The van der Waals surface area contributed by atoms with E-state index in [0.717, 1.165) is 6.42 Å². The van der Waals surface area contributed by atoms with Crippen LogP contribution in [0.15, 0.2) is 18.2 Å². The number of carbonyl (C=O) groups is 2. The summed E-state index contributed by atoms with van der Waals surface area (Å²) in [6, 6.07) is 5.76. The van der Waals surface area contributed by atoms with E-state index >= 15 is 0 Å². The number of aryl methyl sites for hydroxylation is 1. The zero-order valence-electron chi connectivity index (χ0n) is 9.67. The summed E-state index contributed by atoms with van der Waals surface area (Å²) in [6.07, 6.45) is 2.12. The van der Waals surface area contributed by atoms with Gasteiger partial charge in [-0.3, -0.25) is 10.1 Å². The van der Waals surface area contributed by atoms with Crippen molar-refractivity contribution in [3.63, 3.8) is 0 Å². The number of hydrogen-bond donors (Lipinski definition) is 2. The number of rotatable bonds is 0. The van der Waals surface area contributed by atoms with Crippen LogP contribution in [0.2, 0.25) is 0 Å². The Morgan fingerprint density at radius 1 is 1.29 bits per heavy atom. The lowest BCUT2D eigenvalue weighted by Gasteiger charge is -2.32. The third-order valence-corrected chi connectivity index (χ3v) is 3.82. The normalized spacial score (nSPS) is 26.6. The van der Waals surface area contributed by atoms with E-state index < -0.39 is 5.54 Å². The number of imide groups is 1. The topological polar surface area (TPSA) is 58.2 Å². The van der Waals surface area contributed by atoms with Crippen LogP contribution in [0, 0.1) is 6.92 Å². The summed E-state index contributed by atoms with van der Waals surface area (Å²) in [5.74, 6) is -0.186. The molecule has 0 aromatic heterocycles. The average molecular weight is 230 g/mol. The molecule has 2 aliphatic rings. The van der Waals surface area contributed by atoms with E-state index in [4.69, 9.17) is 0 Å². The Balaban J connectivity index is 2.01. The van der Waals surface area contributed by atoms with Crippen molar-refractivity contribution in [2.24, 2.45) is 0 Å². The molecular weight excluding hydrogens is 216 g/mol. The molecule has 4 heteroatoms. The molecule has 1 fully saturated rings. The SMILES string of the molecule is Cc1cccc2c1CCC1(C2)NC(=O)NC1=O. The Hall–Kier alpha value is -1.84. The molecule has 1 atom stereocenters. The molecule has 3 rings (SSSR count). The summed E-state index contributed by atoms with van der Waals surface area (Å²) in [7, 11) is 0. The molecule has 1 unspecified atom stereocenters. The van der Waals surface area contributed by atoms with Gasteiger partial charge in [0, 0.05) is 6.42 Å². The Kier molecular flexibility index (Phi) is 2.02. The van der Waals surface area contributed by atoms with Gasteiger partial charge in [0.15, 0.2) is 0 Å². The van der Waals surface area contributed by atoms with Crippen molar-refractivity contribution in [3.8, 4) is 0 Å². The Morgan fingerprint density at radius 3 is 2.82 bits per heavy atom. The van der Waals surface area contributed by atoms with E-state index in [-0.39, 0.29) is 11.9 Å². The molecule has 88 valence electrons. The van der Waals surface area contributed by atoms with Crippen LogP contribution in [-0.2, 0) is 17.6 Å². The van der Waals surface area contributed by atoms with Crippen LogP contribution in [0.25, 0.3) is 0 Å². The Labute approximate surface area is 99.4 Å². The van der Waals surface area contributed by atoms with E-state index in [9.17, 15) is 9.59 Å². The van der Waals surface area contributed by atoms with Crippen LogP contribution in [-0.4, -0.2) is 17.5 Å². The highest BCUT2D eigenvalue weighted by atomic mass is 16.2. The van der Waals surface area contributed by atoms with Gasteiger partial charge in [0.2, 0.25) is 0 Å². The second-order valence-corrected chi connectivity index (χ2v) is 4.88. The molecule has 1 aromatic rings. The van der Waals surface area contributed by atoms with Crippen molar-refractivity contribution >= 4 is 11.9 Å². The van der Waals surface area contributed by atoms with Crippen LogP contribution in [0.1, 0.15) is 23.1 Å². The number of fused-ring (bicyclic) bond motifs is 1. The minimum atomic E-state index is -0.710.